The fourth-order valence-electron chi connectivity index (χ4n) is 4.30. The molecule has 0 aromatic heterocycles. The molecule has 3 aromatic carbocycles. The Hall–Kier alpha value is -3.62. The van der Waals surface area contributed by atoms with E-state index in [4.69, 9.17) is 4.74 Å². The van der Waals surface area contributed by atoms with Crippen LogP contribution < -0.4 is 10.6 Å². The predicted octanol–water partition coefficient (Wildman–Crippen LogP) is 1.77. The smallest absolute Gasteiger partial charge is 0.253 e. The summed E-state index contributed by atoms with van der Waals surface area (Å²) < 4.78 is 61.0. The first-order valence-electron chi connectivity index (χ1n) is 12.5. The lowest BCUT2D eigenvalue weighted by Gasteiger charge is -2.39. The Kier molecular flexibility index (Phi) is 9.32. The Morgan fingerprint density at radius 1 is 0.825 bits per heavy atom. The van der Waals surface area contributed by atoms with Gasteiger partial charge in [0, 0.05) is 33.3 Å². The molecule has 0 radical (unpaired) electrons. The molecule has 2 N–H and O–H groups in total. The van der Waals surface area contributed by atoms with Crippen molar-refractivity contribution in [1.82, 2.24) is 13.9 Å². The minimum atomic E-state index is -4.17. The van der Waals surface area contributed by atoms with Crippen molar-refractivity contribution in [3.63, 3.8) is 0 Å². The standard InChI is InChI=1S/C27H30N4O7S2/c1-38-19-16-28-26(32)23-14-8-9-15-24(23)29-27(33)25-20-30(39(34,35)21-10-4-2-5-11-21)17-18-31(25)40(36,37)22-12-6-3-7-13-22/h2-15,25H,16-20H2,1H3,(H,28,32)(H,29,33)/t25-/m0/s1. The third-order valence-electron chi connectivity index (χ3n) is 6.35. The largest absolute Gasteiger partial charge is 0.383 e. The zero-order valence-electron chi connectivity index (χ0n) is 21.8. The molecule has 1 heterocycles. The van der Waals surface area contributed by atoms with Gasteiger partial charge < -0.3 is 15.4 Å². The van der Waals surface area contributed by atoms with Crippen LogP contribution in [-0.4, -0.2) is 83.2 Å². The number of nitrogens with one attached hydrogen (secondary N) is 2. The van der Waals surface area contributed by atoms with Crippen LogP contribution in [0, 0.1) is 0 Å². The van der Waals surface area contributed by atoms with Gasteiger partial charge in [0.25, 0.3) is 5.91 Å². The third-order valence-corrected chi connectivity index (χ3v) is 10.2. The van der Waals surface area contributed by atoms with Crippen molar-refractivity contribution >= 4 is 37.5 Å². The molecular weight excluding hydrogens is 556 g/mol. The summed E-state index contributed by atoms with van der Waals surface area (Å²) in [5.74, 6) is -1.23. The number of sulfonamides is 2. The Labute approximate surface area is 233 Å². The van der Waals surface area contributed by atoms with E-state index in [1.807, 2.05) is 0 Å². The molecular formula is C27H30N4O7S2. The van der Waals surface area contributed by atoms with Crippen molar-refractivity contribution in [2.45, 2.75) is 15.8 Å². The number of para-hydroxylation sites is 1. The predicted molar refractivity (Wildman–Crippen MR) is 149 cm³/mol. The average Bonchev–Trinajstić information content (AvgIpc) is 2.98. The van der Waals surface area contributed by atoms with Crippen LogP contribution in [-0.2, 0) is 29.6 Å². The fraction of sp³-hybridized carbons (Fsp3) is 0.259. The number of rotatable bonds is 10. The Bertz CT molecular complexity index is 1550. The maximum atomic E-state index is 13.7. The number of carbonyl (C=O) groups excluding carboxylic acids is 2. The van der Waals surface area contributed by atoms with E-state index in [-0.39, 0.29) is 40.7 Å². The lowest BCUT2D eigenvalue weighted by molar-refractivity contribution is -0.120. The first-order valence-corrected chi connectivity index (χ1v) is 15.3. The maximum Gasteiger partial charge on any atom is 0.253 e. The van der Waals surface area contributed by atoms with Gasteiger partial charge in [-0.05, 0) is 36.4 Å². The number of hydrogen-bond acceptors (Lipinski definition) is 7. The van der Waals surface area contributed by atoms with Gasteiger partial charge in [0.15, 0.2) is 0 Å². The number of nitrogens with zero attached hydrogens (tertiary/aromatic N) is 2. The van der Waals surface area contributed by atoms with Gasteiger partial charge in [0.05, 0.1) is 27.6 Å². The number of benzene rings is 3. The van der Waals surface area contributed by atoms with Crippen molar-refractivity contribution in [2.24, 2.45) is 0 Å². The average molecular weight is 587 g/mol. The zero-order valence-corrected chi connectivity index (χ0v) is 23.4. The van der Waals surface area contributed by atoms with Gasteiger partial charge in [0.1, 0.15) is 6.04 Å². The van der Waals surface area contributed by atoms with Crippen LogP contribution in [0.3, 0.4) is 0 Å². The molecule has 1 atom stereocenters. The molecule has 40 heavy (non-hydrogen) atoms. The number of ether oxygens (including phenoxy) is 1. The molecule has 212 valence electrons. The maximum absolute atomic E-state index is 13.7. The van der Waals surface area contributed by atoms with E-state index in [2.05, 4.69) is 10.6 Å². The molecule has 2 amide bonds. The van der Waals surface area contributed by atoms with Crippen molar-refractivity contribution in [2.75, 3.05) is 45.2 Å². The Balaban J connectivity index is 1.67. The second-order valence-corrected chi connectivity index (χ2v) is 12.7. The lowest BCUT2D eigenvalue weighted by Crippen LogP contribution is -2.60. The number of methoxy groups -OCH3 is 1. The fourth-order valence-corrected chi connectivity index (χ4v) is 7.35. The summed E-state index contributed by atoms with van der Waals surface area (Å²) in [6, 6.07) is 20.2. The number of anilines is 1. The quantitative estimate of drug-likeness (QED) is 0.345. The molecule has 1 aliphatic heterocycles. The van der Waals surface area contributed by atoms with E-state index in [9.17, 15) is 26.4 Å². The van der Waals surface area contributed by atoms with E-state index < -0.39 is 44.4 Å². The van der Waals surface area contributed by atoms with Crippen LogP contribution in [0.2, 0.25) is 0 Å². The Morgan fingerprint density at radius 3 is 2.02 bits per heavy atom. The van der Waals surface area contributed by atoms with Crippen LogP contribution in [0.25, 0.3) is 0 Å². The lowest BCUT2D eigenvalue weighted by atomic mass is 10.1. The van der Waals surface area contributed by atoms with E-state index in [1.165, 1.54) is 43.5 Å². The van der Waals surface area contributed by atoms with Crippen LogP contribution >= 0.6 is 0 Å². The molecule has 13 heteroatoms. The Morgan fingerprint density at radius 2 is 1.40 bits per heavy atom. The van der Waals surface area contributed by atoms with Gasteiger partial charge in [-0.15, -0.1) is 0 Å². The molecule has 1 saturated heterocycles. The summed E-state index contributed by atoms with van der Waals surface area (Å²) in [7, 11) is -6.68. The molecule has 4 rings (SSSR count). The van der Waals surface area contributed by atoms with Crippen LogP contribution in [0.4, 0.5) is 5.69 Å². The molecule has 0 spiro atoms. The monoisotopic (exact) mass is 586 g/mol. The molecule has 0 aliphatic carbocycles. The number of piperazine rings is 1. The summed E-state index contributed by atoms with van der Waals surface area (Å²) >= 11 is 0. The van der Waals surface area contributed by atoms with Crippen molar-refractivity contribution in [3.05, 3.63) is 90.5 Å². The molecule has 1 aliphatic rings. The highest BCUT2D eigenvalue weighted by Crippen LogP contribution is 2.26. The van der Waals surface area contributed by atoms with Gasteiger partial charge in [-0.1, -0.05) is 48.5 Å². The van der Waals surface area contributed by atoms with Crippen LogP contribution in [0.5, 0.6) is 0 Å². The first kappa shape index (κ1) is 29.4. The van der Waals surface area contributed by atoms with Gasteiger partial charge in [-0.2, -0.15) is 8.61 Å². The topological polar surface area (TPSA) is 142 Å². The van der Waals surface area contributed by atoms with E-state index in [0.29, 0.717) is 6.61 Å². The minimum Gasteiger partial charge on any atom is -0.383 e. The highest BCUT2D eigenvalue weighted by atomic mass is 32.2. The highest BCUT2D eigenvalue weighted by molar-refractivity contribution is 7.89. The summed E-state index contributed by atoms with van der Waals surface area (Å²) in [6.07, 6.45) is 0. The number of amides is 2. The van der Waals surface area contributed by atoms with Gasteiger partial charge in [-0.3, -0.25) is 9.59 Å². The van der Waals surface area contributed by atoms with Crippen LogP contribution in [0.1, 0.15) is 10.4 Å². The second-order valence-electron chi connectivity index (χ2n) is 8.90. The molecule has 1 fully saturated rings. The van der Waals surface area contributed by atoms with Crippen molar-refractivity contribution < 1.29 is 31.2 Å². The third kappa shape index (κ3) is 6.40. The van der Waals surface area contributed by atoms with Gasteiger partial charge >= 0.3 is 0 Å². The van der Waals surface area contributed by atoms with Gasteiger partial charge in [-0.25, -0.2) is 16.8 Å². The summed E-state index contributed by atoms with van der Waals surface area (Å²) in [5, 5.41) is 5.34. The van der Waals surface area contributed by atoms with Crippen molar-refractivity contribution in [3.8, 4) is 0 Å². The summed E-state index contributed by atoms with van der Waals surface area (Å²) in [4.78, 5) is 26.5. The highest BCUT2D eigenvalue weighted by Gasteiger charge is 2.43. The number of hydrogen-bond donors (Lipinski definition) is 2. The molecule has 0 saturated carbocycles. The van der Waals surface area contributed by atoms with Gasteiger partial charge in [0.2, 0.25) is 26.0 Å². The normalized spacial score (nSPS) is 16.8. The zero-order chi connectivity index (χ0) is 28.8. The summed E-state index contributed by atoms with van der Waals surface area (Å²) in [6.45, 7) is -0.278. The minimum absolute atomic E-state index is 0.0231. The number of carbonyl (C=O) groups is 2. The second kappa shape index (κ2) is 12.7. The summed E-state index contributed by atoms with van der Waals surface area (Å²) in [5.41, 5.74) is 0.316. The first-order chi connectivity index (χ1) is 19.2. The molecule has 0 unspecified atom stereocenters. The van der Waals surface area contributed by atoms with E-state index >= 15 is 0 Å². The van der Waals surface area contributed by atoms with Crippen LogP contribution in [0.15, 0.2) is 94.7 Å². The van der Waals surface area contributed by atoms with E-state index in [0.717, 1.165) is 8.61 Å². The molecule has 3 aromatic rings. The van der Waals surface area contributed by atoms with E-state index in [1.54, 1.807) is 48.5 Å². The molecule has 0 bridgehead atoms. The SMILES string of the molecule is COCCNC(=O)c1ccccc1NC(=O)[C@@H]1CN(S(=O)(=O)c2ccccc2)CCN1S(=O)(=O)c1ccccc1. The molecule has 11 nitrogen and oxygen atoms in total. The van der Waals surface area contributed by atoms with Crippen molar-refractivity contribution in [1.29, 1.82) is 0 Å².